The van der Waals surface area contributed by atoms with Gasteiger partial charge in [-0.15, -0.1) is 0 Å². The summed E-state index contributed by atoms with van der Waals surface area (Å²) in [6.07, 6.45) is 0. The molecule has 1 radical (unpaired) electrons. The average molecular weight is 259 g/mol. The fourth-order valence-corrected chi connectivity index (χ4v) is 0. The van der Waals surface area contributed by atoms with Crippen molar-refractivity contribution in [1.29, 1.82) is 0 Å². The molecule has 0 aliphatic heterocycles. The van der Waals surface area contributed by atoms with Crippen LogP contribution in [-0.2, 0) is 49.0 Å². The number of carbonyl (C=O) groups excluding carboxylic acids is 2. The van der Waals surface area contributed by atoms with E-state index in [0.717, 1.165) is 0 Å². The zero-order valence-corrected chi connectivity index (χ0v) is 5.66. The maximum Gasteiger partial charge on any atom is 2.00 e. The smallest absolute Gasteiger partial charge is 0.543 e. The third-order valence-electron chi connectivity index (χ3n) is 0.167. The van der Waals surface area contributed by atoms with E-state index >= 15 is 0 Å². The van der Waals surface area contributed by atoms with Gasteiger partial charge in [-0.1, -0.05) is 0 Å². The van der Waals surface area contributed by atoms with Gasteiger partial charge >= 0.3 is 39.4 Å². The molecule has 0 N–H and O–H groups in total. The van der Waals surface area contributed by atoms with E-state index in [1.807, 2.05) is 0 Å². The first-order chi connectivity index (χ1) is 2.64. The first-order valence-electron chi connectivity index (χ1n) is 1.07. The predicted molar refractivity (Wildman–Crippen MR) is 10.0 cm³/mol. The standard InChI is InChI=1S/C2H2O4.Ag.Cu/c3-1(4)2(5)6;;/h(H,3,4)(H,5,6);;/q;+1;+2/p-2. The summed E-state index contributed by atoms with van der Waals surface area (Å²) in [5.74, 6) is -4.37. The maximum atomic E-state index is 8.93. The molecule has 0 aromatic heterocycles. The Morgan fingerprint density at radius 2 is 1.12 bits per heavy atom. The van der Waals surface area contributed by atoms with Crippen molar-refractivity contribution in [2.24, 2.45) is 0 Å². The second-order valence-electron chi connectivity index (χ2n) is 0.575. The van der Waals surface area contributed by atoms with Gasteiger partial charge in [-0.2, -0.15) is 0 Å². The minimum atomic E-state index is -2.19. The molecule has 6 heteroatoms. The Hall–Kier alpha value is 0.200. The van der Waals surface area contributed by atoms with Gasteiger partial charge in [0, 0.05) is 0 Å². The molecule has 0 aliphatic carbocycles. The van der Waals surface area contributed by atoms with Crippen LogP contribution in [0.5, 0.6) is 0 Å². The summed E-state index contributed by atoms with van der Waals surface area (Å²) in [6.45, 7) is 0. The molecule has 0 fully saturated rings. The molecule has 0 aromatic rings. The van der Waals surface area contributed by atoms with E-state index in [2.05, 4.69) is 0 Å². The maximum absolute atomic E-state index is 8.93. The summed E-state index contributed by atoms with van der Waals surface area (Å²) < 4.78 is 0. The average Bonchev–Trinajstić information content (AvgIpc) is 1.36. The van der Waals surface area contributed by atoms with Crippen molar-refractivity contribution in [2.75, 3.05) is 0 Å². The van der Waals surface area contributed by atoms with Gasteiger partial charge in [-0.3, -0.25) is 0 Å². The normalized spacial score (nSPS) is 5.50. The van der Waals surface area contributed by atoms with Gasteiger partial charge in [0.15, 0.2) is 0 Å². The Morgan fingerprint density at radius 1 is 1.00 bits per heavy atom. The van der Waals surface area contributed by atoms with E-state index in [1.54, 1.807) is 0 Å². The van der Waals surface area contributed by atoms with Gasteiger partial charge in [0.2, 0.25) is 0 Å². The van der Waals surface area contributed by atoms with Crippen molar-refractivity contribution >= 4 is 11.9 Å². The van der Waals surface area contributed by atoms with E-state index in [1.165, 1.54) is 0 Å². The number of aliphatic carboxylic acids is 2. The van der Waals surface area contributed by atoms with Crippen LogP contribution in [0.25, 0.3) is 0 Å². The monoisotopic (exact) mass is 258 g/mol. The molecule has 0 saturated carbocycles. The van der Waals surface area contributed by atoms with Crippen LogP contribution in [0.4, 0.5) is 0 Å². The van der Waals surface area contributed by atoms with Crippen molar-refractivity contribution in [3.63, 3.8) is 0 Å². The third-order valence-corrected chi connectivity index (χ3v) is 0.167. The summed E-state index contributed by atoms with van der Waals surface area (Å²) in [4.78, 5) is 17.9. The minimum Gasteiger partial charge on any atom is -0.543 e. The Morgan fingerprint density at radius 3 is 1.12 bits per heavy atom. The topological polar surface area (TPSA) is 80.3 Å². The van der Waals surface area contributed by atoms with E-state index in [4.69, 9.17) is 19.8 Å². The third kappa shape index (κ3) is 9.50. The second-order valence-corrected chi connectivity index (χ2v) is 0.575. The first-order valence-corrected chi connectivity index (χ1v) is 1.07. The van der Waals surface area contributed by atoms with Gasteiger partial charge in [-0.25, -0.2) is 0 Å². The van der Waals surface area contributed by atoms with Crippen molar-refractivity contribution in [2.45, 2.75) is 0 Å². The van der Waals surface area contributed by atoms with Gasteiger partial charge in [0.1, 0.15) is 0 Å². The quantitative estimate of drug-likeness (QED) is 0.334. The van der Waals surface area contributed by atoms with Crippen LogP contribution in [0.1, 0.15) is 0 Å². The molecule has 4 nitrogen and oxygen atoms in total. The van der Waals surface area contributed by atoms with Gasteiger partial charge < -0.3 is 19.8 Å². The number of hydrogen-bond donors (Lipinski definition) is 0. The van der Waals surface area contributed by atoms with Crippen molar-refractivity contribution in [3.8, 4) is 0 Å². The number of hydrogen-bond acceptors (Lipinski definition) is 4. The SMILES string of the molecule is O=C([O-])C(=O)[O-].[Ag+].[Cu+2]. The molecule has 0 saturated heterocycles. The summed E-state index contributed by atoms with van der Waals surface area (Å²) >= 11 is 0. The Balaban J connectivity index is -0.000000125. The molecule has 0 amide bonds. The summed E-state index contributed by atoms with van der Waals surface area (Å²) in [7, 11) is 0. The Labute approximate surface area is 71.2 Å². The molecular formula is C2AgCuO4+. The molecule has 0 rings (SSSR count). The van der Waals surface area contributed by atoms with Gasteiger partial charge in [0.25, 0.3) is 0 Å². The van der Waals surface area contributed by atoms with Crippen LogP contribution >= 0.6 is 0 Å². The molecule has 53 valence electrons. The number of rotatable bonds is 0. The van der Waals surface area contributed by atoms with Crippen LogP contribution in [0.3, 0.4) is 0 Å². The largest absolute Gasteiger partial charge is 2.00 e. The van der Waals surface area contributed by atoms with E-state index in [9.17, 15) is 0 Å². The van der Waals surface area contributed by atoms with Crippen LogP contribution in [0, 0.1) is 0 Å². The van der Waals surface area contributed by atoms with Crippen molar-refractivity contribution in [3.05, 3.63) is 0 Å². The van der Waals surface area contributed by atoms with Crippen LogP contribution < -0.4 is 10.2 Å². The molecule has 0 spiro atoms. The van der Waals surface area contributed by atoms with Crippen LogP contribution in [0.2, 0.25) is 0 Å². The molecule has 0 unspecified atom stereocenters. The summed E-state index contributed by atoms with van der Waals surface area (Å²) in [5, 5.41) is 17.9. The second kappa shape index (κ2) is 7.20. The zero-order chi connectivity index (χ0) is 5.15. The first kappa shape index (κ1) is 15.7. The number of carboxylic acids is 2. The van der Waals surface area contributed by atoms with Crippen LogP contribution in [0.15, 0.2) is 0 Å². The number of carboxylic acid groups (broad SMARTS) is 2. The van der Waals surface area contributed by atoms with Gasteiger partial charge in [-0.05, 0) is 0 Å². The Bertz CT molecular complexity index is 80.0. The summed E-state index contributed by atoms with van der Waals surface area (Å²) in [5.41, 5.74) is 0. The molecule has 0 heterocycles. The molecule has 8 heavy (non-hydrogen) atoms. The van der Waals surface area contributed by atoms with Gasteiger partial charge in [0.05, 0.1) is 11.9 Å². The van der Waals surface area contributed by atoms with E-state index in [-0.39, 0.29) is 39.4 Å². The van der Waals surface area contributed by atoms with E-state index < -0.39 is 11.9 Å². The Kier molecular flexibility index (Phi) is 14.1. The van der Waals surface area contributed by atoms with Crippen molar-refractivity contribution < 1.29 is 59.3 Å². The number of carbonyl (C=O) groups is 2. The van der Waals surface area contributed by atoms with Crippen molar-refractivity contribution in [1.82, 2.24) is 0 Å². The predicted octanol–water partition coefficient (Wildman–Crippen LogP) is -3.52. The molecule has 0 aliphatic rings. The molecule has 0 aromatic carbocycles. The zero-order valence-electron chi connectivity index (χ0n) is 3.24. The molecule has 0 bridgehead atoms. The van der Waals surface area contributed by atoms with Crippen LogP contribution in [-0.4, -0.2) is 11.9 Å². The molecular weight excluding hydrogens is 259 g/mol. The minimum absolute atomic E-state index is 0. The summed E-state index contributed by atoms with van der Waals surface area (Å²) in [6, 6.07) is 0. The van der Waals surface area contributed by atoms with E-state index in [0.29, 0.717) is 0 Å². The molecule has 0 atom stereocenters. The fraction of sp³-hybridized carbons (Fsp3) is 0. The fourth-order valence-electron chi connectivity index (χ4n) is 0.